The van der Waals surface area contributed by atoms with Gasteiger partial charge in [0, 0.05) is 18.3 Å². The fourth-order valence-corrected chi connectivity index (χ4v) is 2.93. The van der Waals surface area contributed by atoms with Crippen molar-refractivity contribution in [2.75, 3.05) is 0 Å². The van der Waals surface area contributed by atoms with E-state index in [2.05, 4.69) is 5.10 Å². The molecule has 1 atom stereocenters. The molecule has 1 aliphatic rings. The molecule has 0 aliphatic carbocycles. The van der Waals surface area contributed by atoms with Gasteiger partial charge in [0.05, 0.1) is 0 Å². The zero-order chi connectivity index (χ0) is 23.2. The van der Waals surface area contributed by atoms with E-state index in [1.165, 1.54) is 20.8 Å². The molecule has 0 fully saturated rings. The summed E-state index contributed by atoms with van der Waals surface area (Å²) in [5.74, 6) is -13.2. The van der Waals surface area contributed by atoms with E-state index in [9.17, 15) is 40.6 Å². The number of carbonyl (C=O) groups excluding carboxylic acids is 1. The van der Waals surface area contributed by atoms with Crippen molar-refractivity contribution in [3.8, 4) is 0 Å². The summed E-state index contributed by atoms with van der Waals surface area (Å²) in [5.41, 5.74) is -5.11. The van der Waals surface area contributed by atoms with Crippen molar-refractivity contribution in [3.63, 3.8) is 0 Å². The van der Waals surface area contributed by atoms with E-state index in [1.807, 2.05) is 0 Å². The smallest absolute Gasteiger partial charge is 0.368 e. The number of rotatable bonds is 5. The zero-order valence-electron chi connectivity index (χ0n) is 16.4. The number of hydrazone groups is 1. The fraction of sp³-hybridized carbons (Fsp3) is 0.579. The topological polar surface area (TPSA) is 52.9 Å². The number of aliphatic hydroxyl groups is 1. The molecule has 11 heteroatoms. The van der Waals surface area contributed by atoms with Crippen molar-refractivity contribution >= 4 is 11.6 Å². The van der Waals surface area contributed by atoms with Crippen LogP contribution in [-0.2, 0) is 11.2 Å². The predicted molar refractivity (Wildman–Crippen MR) is 94.0 cm³/mol. The molecular formula is C19H21F7N2O2. The molecule has 1 aromatic rings. The number of benzene rings is 1. The second-order valence-corrected chi connectivity index (χ2v) is 8.13. The molecule has 30 heavy (non-hydrogen) atoms. The standard InChI is InChI=1S/C19H21F7N2O2/c1-15(2,3)16(30)11-13(17(20,21)18(22,23)19(24,25)26)27-28(16)14(29)10-9-12-7-5-4-6-8-12/h4-8,30H,9-11H2,1-3H3/t16-/m1/s1. The van der Waals surface area contributed by atoms with Crippen LogP contribution < -0.4 is 0 Å². The fourth-order valence-electron chi connectivity index (χ4n) is 2.93. The first kappa shape index (κ1) is 24.1. The van der Waals surface area contributed by atoms with Crippen molar-refractivity contribution in [1.82, 2.24) is 5.01 Å². The molecular weight excluding hydrogens is 421 g/mol. The molecule has 0 radical (unpaired) electrons. The lowest BCUT2D eigenvalue weighted by molar-refractivity contribution is -0.336. The molecule has 1 aliphatic heterocycles. The van der Waals surface area contributed by atoms with Gasteiger partial charge in [-0.25, -0.2) is 5.01 Å². The van der Waals surface area contributed by atoms with Crippen LogP contribution in [0.4, 0.5) is 30.7 Å². The van der Waals surface area contributed by atoms with E-state index in [0.29, 0.717) is 5.56 Å². The van der Waals surface area contributed by atoms with Crippen LogP contribution in [0.2, 0.25) is 0 Å². The minimum Gasteiger partial charge on any atom is -0.368 e. The molecule has 1 heterocycles. The van der Waals surface area contributed by atoms with Gasteiger partial charge in [0.15, 0.2) is 5.72 Å². The summed E-state index contributed by atoms with van der Waals surface area (Å²) in [7, 11) is 0. The predicted octanol–water partition coefficient (Wildman–Crippen LogP) is 4.78. The number of halogens is 7. The van der Waals surface area contributed by atoms with Gasteiger partial charge in [-0.3, -0.25) is 4.79 Å². The van der Waals surface area contributed by atoms with Crippen molar-refractivity contribution in [3.05, 3.63) is 35.9 Å². The van der Waals surface area contributed by atoms with Crippen molar-refractivity contribution in [2.45, 2.75) is 63.8 Å². The third-order valence-corrected chi connectivity index (χ3v) is 5.01. The van der Waals surface area contributed by atoms with Crippen LogP contribution in [0.5, 0.6) is 0 Å². The van der Waals surface area contributed by atoms with Crippen molar-refractivity contribution in [2.24, 2.45) is 10.5 Å². The number of aryl methyl sites for hydroxylation is 1. The van der Waals surface area contributed by atoms with Crippen LogP contribution in [0.3, 0.4) is 0 Å². The second kappa shape index (κ2) is 7.51. The Morgan fingerprint density at radius 3 is 2.07 bits per heavy atom. The molecule has 2 rings (SSSR count). The van der Waals surface area contributed by atoms with Gasteiger partial charge in [-0.1, -0.05) is 51.1 Å². The van der Waals surface area contributed by atoms with E-state index in [0.717, 1.165) is 0 Å². The molecule has 0 spiro atoms. The normalized spacial score (nSPS) is 21.0. The van der Waals surface area contributed by atoms with E-state index < -0.39 is 47.2 Å². The first-order chi connectivity index (χ1) is 13.4. The number of amides is 1. The Morgan fingerprint density at radius 2 is 1.60 bits per heavy atom. The molecule has 168 valence electrons. The summed E-state index contributed by atoms with van der Waals surface area (Å²) in [5, 5.41) is 14.2. The minimum atomic E-state index is -6.55. The highest BCUT2D eigenvalue weighted by Gasteiger charge is 2.76. The summed E-state index contributed by atoms with van der Waals surface area (Å²) in [6.45, 7) is 3.97. The molecule has 0 saturated carbocycles. The maximum atomic E-state index is 14.2. The number of alkyl halides is 7. The number of hydrogen-bond donors (Lipinski definition) is 1. The van der Waals surface area contributed by atoms with Crippen LogP contribution >= 0.6 is 0 Å². The van der Waals surface area contributed by atoms with E-state index in [4.69, 9.17) is 0 Å². The quantitative estimate of drug-likeness (QED) is 0.668. The lowest BCUT2D eigenvalue weighted by Gasteiger charge is -2.42. The van der Waals surface area contributed by atoms with Crippen LogP contribution in [-0.4, -0.2) is 45.5 Å². The number of nitrogens with zero attached hydrogens (tertiary/aromatic N) is 2. The summed E-state index contributed by atoms with van der Waals surface area (Å²) in [4.78, 5) is 12.6. The Hall–Kier alpha value is -2.17. The Balaban J connectivity index is 2.39. The average Bonchev–Trinajstić information content (AvgIpc) is 2.99. The molecule has 0 unspecified atom stereocenters. The Labute approximate surface area is 168 Å². The van der Waals surface area contributed by atoms with Gasteiger partial charge in [-0.05, 0) is 12.0 Å². The molecule has 0 aromatic heterocycles. The average molecular weight is 442 g/mol. The minimum absolute atomic E-state index is 0.121. The first-order valence-corrected chi connectivity index (χ1v) is 8.95. The van der Waals surface area contributed by atoms with Crippen LogP contribution in [0.1, 0.15) is 39.2 Å². The highest BCUT2D eigenvalue weighted by molar-refractivity contribution is 5.96. The number of carbonyl (C=O) groups is 1. The van der Waals surface area contributed by atoms with E-state index in [-0.39, 0.29) is 17.9 Å². The molecule has 1 N–H and O–H groups in total. The summed E-state index contributed by atoms with van der Waals surface area (Å²) in [6, 6.07) is 8.47. The van der Waals surface area contributed by atoms with Gasteiger partial charge in [0.2, 0.25) is 5.91 Å². The first-order valence-electron chi connectivity index (χ1n) is 8.95. The highest BCUT2D eigenvalue weighted by Crippen LogP contribution is 2.51. The zero-order valence-corrected chi connectivity index (χ0v) is 16.4. The highest BCUT2D eigenvalue weighted by atomic mass is 19.4. The maximum Gasteiger partial charge on any atom is 0.460 e. The molecule has 1 amide bonds. The van der Waals surface area contributed by atoms with E-state index in [1.54, 1.807) is 30.3 Å². The largest absolute Gasteiger partial charge is 0.460 e. The monoisotopic (exact) mass is 442 g/mol. The van der Waals surface area contributed by atoms with Gasteiger partial charge >= 0.3 is 18.0 Å². The van der Waals surface area contributed by atoms with Crippen LogP contribution in [0.15, 0.2) is 35.4 Å². The van der Waals surface area contributed by atoms with Gasteiger partial charge in [-0.2, -0.15) is 35.8 Å². The summed E-state index contributed by atoms with van der Waals surface area (Å²) < 4.78 is 92.9. The lowest BCUT2D eigenvalue weighted by atomic mass is 9.79. The molecule has 0 bridgehead atoms. The maximum absolute atomic E-state index is 14.2. The SMILES string of the molecule is CC(C)(C)[C@]1(O)CC(C(F)(F)C(F)(F)C(F)(F)F)=NN1C(=O)CCc1ccccc1. The second-order valence-electron chi connectivity index (χ2n) is 8.13. The molecule has 0 saturated heterocycles. The Bertz CT molecular complexity index is 816. The third kappa shape index (κ3) is 4.03. The number of hydrogen-bond acceptors (Lipinski definition) is 3. The van der Waals surface area contributed by atoms with Crippen LogP contribution in [0.25, 0.3) is 0 Å². The Kier molecular flexibility index (Phi) is 6.03. The van der Waals surface area contributed by atoms with E-state index >= 15 is 0 Å². The Morgan fingerprint density at radius 1 is 1.07 bits per heavy atom. The van der Waals surface area contributed by atoms with Crippen LogP contribution in [0, 0.1) is 5.41 Å². The summed E-state index contributed by atoms with van der Waals surface area (Å²) >= 11 is 0. The van der Waals surface area contributed by atoms with Gasteiger partial charge in [0.1, 0.15) is 5.71 Å². The third-order valence-electron chi connectivity index (χ3n) is 5.01. The van der Waals surface area contributed by atoms with Gasteiger partial charge in [-0.15, -0.1) is 0 Å². The lowest BCUT2D eigenvalue weighted by Crippen LogP contribution is -2.58. The van der Waals surface area contributed by atoms with Crippen molar-refractivity contribution < 1.29 is 40.6 Å². The molecule has 1 aromatic carbocycles. The van der Waals surface area contributed by atoms with Gasteiger partial charge < -0.3 is 5.11 Å². The van der Waals surface area contributed by atoms with Gasteiger partial charge in [0.25, 0.3) is 0 Å². The molecule has 4 nitrogen and oxygen atoms in total. The van der Waals surface area contributed by atoms with Crippen molar-refractivity contribution in [1.29, 1.82) is 0 Å². The summed E-state index contributed by atoms with van der Waals surface area (Å²) in [6.07, 6.45) is -8.12.